The number of hydrogen-bond acceptors (Lipinski definition) is 2. The van der Waals surface area contributed by atoms with Crippen molar-refractivity contribution >= 4 is 5.97 Å². The average Bonchev–Trinajstić information content (AvgIpc) is 2.82. The van der Waals surface area contributed by atoms with Crippen molar-refractivity contribution < 1.29 is 9.53 Å². The maximum atomic E-state index is 11.0. The summed E-state index contributed by atoms with van der Waals surface area (Å²) < 4.78 is 5.09. The zero-order valence-corrected chi connectivity index (χ0v) is 7.55. The standard InChI is InChI=1S/C10H17O2/c1-2-3-4-5-6-10(11)12-9-7-8-9/h9H,1-8H2. The summed E-state index contributed by atoms with van der Waals surface area (Å²) in [4.78, 5) is 11.0. The first-order chi connectivity index (χ1) is 5.83. The van der Waals surface area contributed by atoms with E-state index < -0.39 is 0 Å². The van der Waals surface area contributed by atoms with E-state index in [9.17, 15) is 4.79 Å². The van der Waals surface area contributed by atoms with Crippen molar-refractivity contribution in [2.24, 2.45) is 0 Å². The SMILES string of the molecule is [CH2]CCCCCC(=O)OC1CC1. The van der Waals surface area contributed by atoms with Crippen LogP contribution in [0.4, 0.5) is 0 Å². The molecule has 0 N–H and O–H groups in total. The van der Waals surface area contributed by atoms with Gasteiger partial charge in [0.15, 0.2) is 0 Å². The Kier molecular flexibility index (Phi) is 4.12. The van der Waals surface area contributed by atoms with Crippen LogP contribution in [0.25, 0.3) is 0 Å². The molecule has 1 aliphatic rings. The van der Waals surface area contributed by atoms with Gasteiger partial charge in [-0.2, -0.15) is 0 Å². The first kappa shape index (κ1) is 9.56. The summed E-state index contributed by atoms with van der Waals surface area (Å²) in [6.07, 6.45) is 7.16. The number of carbonyl (C=O) groups excluding carboxylic acids is 1. The van der Waals surface area contributed by atoms with Gasteiger partial charge in [0.2, 0.25) is 0 Å². The van der Waals surface area contributed by atoms with Gasteiger partial charge in [-0.3, -0.25) is 4.79 Å². The topological polar surface area (TPSA) is 26.3 Å². The van der Waals surface area contributed by atoms with Crippen molar-refractivity contribution in [2.75, 3.05) is 0 Å². The highest BCUT2D eigenvalue weighted by atomic mass is 16.5. The number of unbranched alkanes of at least 4 members (excludes halogenated alkanes) is 3. The normalized spacial score (nSPS) is 16.1. The number of ether oxygens (including phenoxy) is 1. The van der Waals surface area contributed by atoms with E-state index in [4.69, 9.17) is 4.74 Å². The molecular weight excluding hydrogens is 152 g/mol. The monoisotopic (exact) mass is 169 g/mol. The van der Waals surface area contributed by atoms with Gasteiger partial charge in [0.05, 0.1) is 0 Å². The fourth-order valence-electron chi connectivity index (χ4n) is 1.05. The molecular formula is C10H17O2. The zero-order valence-electron chi connectivity index (χ0n) is 7.55. The van der Waals surface area contributed by atoms with E-state index in [2.05, 4.69) is 6.92 Å². The molecule has 1 rings (SSSR count). The summed E-state index contributed by atoms with van der Waals surface area (Å²) in [5.41, 5.74) is 0. The molecule has 2 nitrogen and oxygen atoms in total. The third-order valence-electron chi connectivity index (χ3n) is 1.95. The van der Waals surface area contributed by atoms with Crippen LogP contribution in [0.15, 0.2) is 0 Å². The fraction of sp³-hybridized carbons (Fsp3) is 0.800. The lowest BCUT2D eigenvalue weighted by Gasteiger charge is -2.01. The van der Waals surface area contributed by atoms with Gasteiger partial charge in [-0.05, 0) is 19.3 Å². The molecule has 0 saturated heterocycles. The predicted molar refractivity (Wildman–Crippen MR) is 47.6 cm³/mol. The Balaban J connectivity index is 1.87. The fourth-order valence-corrected chi connectivity index (χ4v) is 1.05. The minimum atomic E-state index is -0.0124. The van der Waals surface area contributed by atoms with Gasteiger partial charge in [-0.1, -0.05) is 26.2 Å². The van der Waals surface area contributed by atoms with E-state index in [1.165, 1.54) is 0 Å². The lowest BCUT2D eigenvalue weighted by atomic mass is 10.2. The van der Waals surface area contributed by atoms with Crippen LogP contribution in [0, 0.1) is 6.92 Å². The summed E-state index contributed by atoms with van der Waals surface area (Å²) in [6.45, 7) is 3.74. The Morgan fingerprint density at radius 2 is 2.08 bits per heavy atom. The number of rotatable bonds is 6. The highest BCUT2D eigenvalue weighted by Gasteiger charge is 2.25. The van der Waals surface area contributed by atoms with E-state index in [0.717, 1.165) is 38.5 Å². The summed E-state index contributed by atoms with van der Waals surface area (Å²) >= 11 is 0. The van der Waals surface area contributed by atoms with Gasteiger partial charge < -0.3 is 4.74 Å². The van der Waals surface area contributed by atoms with Crippen molar-refractivity contribution in [3.05, 3.63) is 6.92 Å². The number of hydrogen-bond donors (Lipinski definition) is 0. The van der Waals surface area contributed by atoms with E-state index >= 15 is 0 Å². The quantitative estimate of drug-likeness (QED) is 0.451. The van der Waals surface area contributed by atoms with Gasteiger partial charge in [0.1, 0.15) is 6.10 Å². The minimum absolute atomic E-state index is 0.0124. The molecule has 0 heterocycles. The Labute approximate surface area is 74.3 Å². The lowest BCUT2D eigenvalue weighted by Crippen LogP contribution is -2.05. The number of carbonyl (C=O) groups is 1. The first-order valence-electron chi connectivity index (χ1n) is 4.81. The van der Waals surface area contributed by atoms with Gasteiger partial charge in [0, 0.05) is 6.42 Å². The highest BCUT2D eigenvalue weighted by molar-refractivity contribution is 5.69. The van der Waals surface area contributed by atoms with E-state index in [1.54, 1.807) is 0 Å². The molecule has 2 heteroatoms. The predicted octanol–water partition coefficient (Wildman–Crippen LogP) is 2.48. The maximum absolute atomic E-state index is 11.0. The second kappa shape index (κ2) is 5.18. The van der Waals surface area contributed by atoms with Crippen LogP contribution < -0.4 is 0 Å². The molecule has 0 aromatic heterocycles. The smallest absolute Gasteiger partial charge is 0.306 e. The molecule has 0 spiro atoms. The Hall–Kier alpha value is -0.530. The van der Waals surface area contributed by atoms with E-state index in [1.807, 2.05) is 0 Å². The van der Waals surface area contributed by atoms with Crippen LogP contribution in [-0.4, -0.2) is 12.1 Å². The van der Waals surface area contributed by atoms with Gasteiger partial charge >= 0.3 is 5.97 Å². The molecule has 0 atom stereocenters. The second-order valence-electron chi connectivity index (χ2n) is 3.35. The first-order valence-corrected chi connectivity index (χ1v) is 4.81. The zero-order chi connectivity index (χ0) is 8.81. The highest BCUT2D eigenvalue weighted by Crippen LogP contribution is 2.24. The van der Waals surface area contributed by atoms with Crippen LogP contribution >= 0.6 is 0 Å². The van der Waals surface area contributed by atoms with Crippen LogP contribution in [0.3, 0.4) is 0 Å². The second-order valence-corrected chi connectivity index (χ2v) is 3.35. The van der Waals surface area contributed by atoms with Gasteiger partial charge in [-0.25, -0.2) is 0 Å². The largest absolute Gasteiger partial charge is 0.462 e. The van der Waals surface area contributed by atoms with Gasteiger partial charge in [0.25, 0.3) is 0 Å². The molecule has 0 aromatic carbocycles. The molecule has 1 aliphatic carbocycles. The maximum Gasteiger partial charge on any atom is 0.306 e. The molecule has 69 valence electrons. The Morgan fingerprint density at radius 1 is 1.33 bits per heavy atom. The Morgan fingerprint density at radius 3 is 2.67 bits per heavy atom. The number of esters is 1. The summed E-state index contributed by atoms with van der Waals surface area (Å²) in [7, 11) is 0. The Bertz CT molecular complexity index is 139. The van der Waals surface area contributed by atoms with Crippen molar-refractivity contribution in [3.8, 4) is 0 Å². The molecule has 0 unspecified atom stereocenters. The third kappa shape index (κ3) is 4.37. The molecule has 0 aliphatic heterocycles. The van der Waals surface area contributed by atoms with Gasteiger partial charge in [-0.15, -0.1) is 0 Å². The lowest BCUT2D eigenvalue weighted by molar-refractivity contribution is -0.145. The molecule has 1 radical (unpaired) electrons. The van der Waals surface area contributed by atoms with E-state index in [-0.39, 0.29) is 12.1 Å². The third-order valence-corrected chi connectivity index (χ3v) is 1.95. The summed E-state index contributed by atoms with van der Waals surface area (Å²) in [5.74, 6) is -0.0124. The van der Waals surface area contributed by atoms with Crippen molar-refractivity contribution in [2.45, 2.75) is 51.0 Å². The van der Waals surface area contributed by atoms with Crippen LogP contribution in [-0.2, 0) is 9.53 Å². The van der Waals surface area contributed by atoms with E-state index in [0.29, 0.717) is 6.42 Å². The summed E-state index contributed by atoms with van der Waals surface area (Å²) in [6, 6.07) is 0. The molecule has 12 heavy (non-hydrogen) atoms. The van der Waals surface area contributed by atoms with Crippen molar-refractivity contribution in [1.82, 2.24) is 0 Å². The van der Waals surface area contributed by atoms with Crippen molar-refractivity contribution in [3.63, 3.8) is 0 Å². The van der Waals surface area contributed by atoms with Crippen LogP contribution in [0.5, 0.6) is 0 Å². The molecule has 0 aromatic rings. The van der Waals surface area contributed by atoms with Crippen LogP contribution in [0.1, 0.15) is 44.9 Å². The average molecular weight is 169 g/mol. The van der Waals surface area contributed by atoms with Crippen LogP contribution in [0.2, 0.25) is 0 Å². The molecule has 0 bridgehead atoms. The molecule has 0 amide bonds. The van der Waals surface area contributed by atoms with Crippen molar-refractivity contribution in [1.29, 1.82) is 0 Å². The summed E-state index contributed by atoms with van der Waals surface area (Å²) in [5, 5.41) is 0. The molecule has 1 saturated carbocycles. The minimum Gasteiger partial charge on any atom is -0.462 e. The molecule has 1 fully saturated rings.